The van der Waals surface area contributed by atoms with E-state index >= 15 is 0 Å². The summed E-state index contributed by atoms with van der Waals surface area (Å²) in [4.78, 5) is 6.58. The molecule has 0 amide bonds. The first-order valence-electron chi connectivity index (χ1n) is 21.5. The van der Waals surface area contributed by atoms with E-state index in [4.69, 9.17) is 0 Å². The zero-order valence-electron chi connectivity index (χ0n) is 37.4. The normalized spacial score (nSPS) is 14.1. The van der Waals surface area contributed by atoms with Crippen molar-refractivity contribution in [2.24, 2.45) is 0 Å². The van der Waals surface area contributed by atoms with Gasteiger partial charge in [0.25, 0.3) is 6.71 Å². The van der Waals surface area contributed by atoms with E-state index in [9.17, 15) is 0 Å². The fraction of sp³-hybridized carbons (Fsp3) is 0.309. The molecule has 0 bridgehead atoms. The van der Waals surface area contributed by atoms with Crippen molar-refractivity contribution in [1.29, 1.82) is 0 Å². The smallest absolute Gasteiger partial charge is 0.252 e. The third-order valence-corrected chi connectivity index (χ3v) is 14.2. The van der Waals surface area contributed by atoms with Gasteiger partial charge in [0, 0.05) is 43.6 Å². The van der Waals surface area contributed by atoms with E-state index in [1.165, 1.54) is 98.9 Å². The van der Waals surface area contributed by atoms with Gasteiger partial charge in [-0.25, -0.2) is 0 Å². The molecule has 0 aliphatic carbocycles. The number of hydrogen-bond donors (Lipinski definition) is 0. The average molecular weight is 791 g/mol. The van der Waals surface area contributed by atoms with Crippen LogP contribution in [-0.2, 0) is 21.7 Å². The highest BCUT2D eigenvalue weighted by molar-refractivity contribution is 7.19. The van der Waals surface area contributed by atoms with Gasteiger partial charge in [-0.05, 0) is 133 Å². The Labute approximate surface area is 358 Å². The molecule has 2 aliphatic heterocycles. The van der Waals surface area contributed by atoms with Crippen molar-refractivity contribution in [3.05, 3.63) is 148 Å². The van der Waals surface area contributed by atoms with Crippen LogP contribution in [0.3, 0.4) is 0 Å². The molecule has 3 heterocycles. The molecule has 4 heteroatoms. The molecular weight excluding hydrogens is 731 g/mol. The van der Waals surface area contributed by atoms with Crippen molar-refractivity contribution in [3.8, 4) is 11.1 Å². The van der Waals surface area contributed by atoms with Crippen molar-refractivity contribution in [3.63, 3.8) is 0 Å². The molecule has 0 fully saturated rings. The van der Waals surface area contributed by atoms with Crippen LogP contribution in [0.15, 0.2) is 121 Å². The Morgan fingerprint density at radius 1 is 0.458 bits per heavy atom. The molecule has 0 spiro atoms. The van der Waals surface area contributed by atoms with Crippen molar-refractivity contribution < 1.29 is 0 Å². The minimum Gasteiger partial charge on any atom is -0.311 e. The molecule has 0 atom stereocenters. The molecule has 0 radical (unpaired) electrons. The van der Waals surface area contributed by atoms with Gasteiger partial charge in [0.15, 0.2) is 0 Å². The lowest BCUT2D eigenvalue weighted by Gasteiger charge is -2.45. The molecule has 59 heavy (non-hydrogen) atoms. The largest absolute Gasteiger partial charge is 0.311 e. The second-order valence-electron chi connectivity index (χ2n) is 21.3. The summed E-state index contributed by atoms with van der Waals surface area (Å²) >= 11 is 1.96. The first kappa shape index (κ1) is 39.4. The lowest BCUT2D eigenvalue weighted by molar-refractivity contribution is 0.590. The summed E-state index contributed by atoms with van der Waals surface area (Å²) in [5.74, 6) is 0. The van der Waals surface area contributed by atoms with Gasteiger partial charge in [-0.1, -0.05) is 150 Å². The third kappa shape index (κ3) is 6.72. The third-order valence-electron chi connectivity index (χ3n) is 12.7. The molecule has 2 aliphatic rings. The Bertz CT molecular complexity index is 2760. The van der Waals surface area contributed by atoms with E-state index in [1.807, 2.05) is 11.3 Å². The standard InChI is InChI=1S/C55H59BN2S/c1-34-28-47-51-48(29-34)58(44-17-15-14-16-41(44)35-18-20-37(21-19-35)52(2,3)4)46-30-36-31-50(55(11,12)13)59-49(36)33-43(46)56(51)42-32-39(54(8,9)10)24-27-45(42)57(47)40-25-22-38(23-26-40)53(5,6)7/h14-33H,1-13H3. The Kier molecular flexibility index (Phi) is 9.00. The second kappa shape index (κ2) is 13.5. The quantitative estimate of drug-likeness (QED) is 0.165. The number of fused-ring (bicyclic) bond motifs is 5. The number of nitrogens with zero attached hydrogens (tertiary/aromatic N) is 2. The number of rotatable bonds is 3. The molecule has 298 valence electrons. The van der Waals surface area contributed by atoms with E-state index in [0.717, 1.165) is 0 Å². The van der Waals surface area contributed by atoms with E-state index in [-0.39, 0.29) is 28.4 Å². The fourth-order valence-electron chi connectivity index (χ4n) is 9.22. The summed E-state index contributed by atoms with van der Waals surface area (Å²) < 4.78 is 1.35. The molecule has 9 rings (SSSR count). The Balaban J connectivity index is 1.37. The number of thiophene rings is 1. The molecule has 7 aromatic rings. The van der Waals surface area contributed by atoms with E-state index in [0.29, 0.717) is 0 Å². The van der Waals surface area contributed by atoms with Gasteiger partial charge in [-0.3, -0.25) is 0 Å². The van der Waals surface area contributed by atoms with Gasteiger partial charge >= 0.3 is 0 Å². The maximum atomic E-state index is 2.61. The van der Waals surface area contributed by atoms with Gasteiger partial charge in [0.2, 0.25) is 0 Å². The van der Waals surface area contributed by atoms with Gasteiger partial charge in [-0.2, -0.15) is 0 Å². The molecule has 0 N–H and O–H groups in total. The summed E-state index contributed by atoms with van der Waals surface area (Å²) in [5.41, 5.74) is 19.5. The van der Waals surface area contributed by atoms with Crippen LogP contribution in [0.2, 0.25) is 0 Å². The Morgan fingerprint density at radius 3 is 1.63 bits per heavy atom. The maximum Gasteiger partial charge on any atom is 0.252 e. The van der Waals surface area contributed by atoms with E-state index in [2.05, 4.69) is 221 Å². The fourth-order valence-corrected chi connectivity index (χ4v) is 10.4. The molecule has 0 saturated heterocycles. The van der Waals surface area contributed by atoms with Crippen LogP contribution < -0.4 is 26.2 Å². The van der Waals surface area contributed by atoms with Crippen LogP contribution in [-0.4, -0.2) is 6.71 Å². The van der Waals surface area contributed by atoms with Gasteiger partial charge in [0.1, 0.15) is 0 Å². The minimum absolute atomic E-state index is 0.00503. The summed E-state index contributed by atoms with van der Waals surface area (Å²) in [6.45, 7) is 30.1. The molecule has 0 unspecified atom stereocenters. The minimum atomic E-state index is -0.00503. The lowest BCUT2D eigenvalue weighted by Crippen LogP contribution is -2.61. The van der Waals surface area contributed by atoms with E-state index in [1.54, 1.807) is 0 Å². The van der Waals surface area contributed by atoms with Crippen LogP contribution >= 0.6 is 11.3 Å². The van der Waals surface area contributed by atoms with Crippen LogP contribution in [0.1, 0.15) is 110 Å². The highest BCUT2D eigenvalue weighted by Gasteiger charge is 2.44. The molecule has 1 aromatic heterocycles. The summed E-state index contributed by atoms with van der Waals surface area (Å²) in [6, 6.07) is 47.4. The van der Waals surface area contributed by atoms with Gasteiger partial charge < -0.3 is 9.80 Å². The zero-order valence-corrected chi connectivity index (χ0v) is 38.2. The zero-order chi connectivity index (χ0) is 42.0. The SMILES string of the molecule is Cc1cc2c3c(c1)N(c1ccccc1-c1ccc(C(C)(C)C)cc1)c1cc4cc(C(C)(C)C)sc4cc1B3c1cc(C(C)(C)C)ccc1N2c1ccc(C(C)(C)C)cc1. The van der Waals surface area contributed by atoms with Crippen molar-refractivity contribution in [2.45, 2.75) is 112 Å². The van der Waals surface area contributed by atoms with Crippen molar-refractivity contribution in [1.82, 2.24) is 0 Å². The maximum absolute atomic E-state index is 2.61. The number of hydrogen-bond acceptors (Lipinski definition) is 3. The first-order valence-corrected chi connectivity index (χ1v) is 22.3. The number of para-hydroxylation sites is 1. The van der Waals surface area contributed by atoms with Crippen molar-refractivity contribution in [2.75, 3.05) is 9.80 Å². The van der Waals surface area contributed by atoms with Crippen LogP contribution in [0, 0.1) is 6.92 Å². The predicted molar refractivity (Wildman–Crippen MR) is 261 cm³/mol. The molecular formula is C55H59BN2S. The van der Waals surface area contributed by atoms with Crippen LogP contribution in [0.5, 0.6) is 0 Å². The monoisotopic (exact) mass is 790 g/mol. The highest BCUT2D eigenvalue weighted by Crippen LogP contribution is 2.49. The lowest BCUT2D eigenvalue weighted by atomic mass is 9.33. The van der Waals surface area contributed by atoms with Crippen LogP contribution in [0.4, 0.5) is 34.1 Å². The average Bonchev–Trinajstić information content (AvgIpc) is 3.60. The van der Waals surface area contributed by atoms with Crippen LogP contribution in [0.25, 0.3) is 21.2 Å². The molecule has 0 saturated carbocycles. The number of anilines is 6. The van der Waals surface area contributed by atoms with E-state index < -0.39 is 0 Å². The number of aryl methyl sites for hydroxylation is 1. The van der Waals surface area contributed by atoms with Gasteiger partial charge in [-0.15, -0.1) is 11.3 Å². The first-order chi connectivity index (χ1) is 27.7. The van der Waals surface area contributed by atoms with Gasteiger partial charge in [0.05, 0.1) is 5.69 Å². The summed E-state index contributed by atoms with van der Waals surface area (Å²) in [7, 11) is 0. The summed E-state index contributed by atoms with van der Waals surface area (Å²) in [6.07, 6.45) is 0. The topological polar surface area (TPSA) is 6.48 Å². The number of benzene rings is 6. The predicted octanol–water partition coefficient (Wildman–Crippen LogP) is 14.1. The van der Waals surface area contributed by atoms with Crippen molar-refractivity contribution >= 4 is 78.6 Å². The Hall–Kier alpha value is -5.06. The Morgan fingerprint density at radius 2 is 1.02 bits per heavy atom. The second-order valence-corrected chi connectivity index (χ2v) is 22.4. The summed E-state index contributed by atoms with van der Waals surface area (Å²) in [5, 5.41) is 1.31. The highest BCUT2D eigenvalue weighted by atomic mass is 32.1. The molecule has 6 aromatic carbocycles. The molecule has 2 nitrogen and oxygen atoms in total.